The van der Waals surface area contributed by atoms with Crippen LogP contribution in [0.2, 0.25) is 0 Å². The second kappa shape index (κ2) is 4.63. The van der Waals surface area contributed by atoms with E-state index in [2.05, 4.69) is 35.9 Å². The molecule has 0 spiro atoms. The Bertz CT molecular complexity index is 746. The van der Waals surface area contributed by atoms with Crippen LogP contribution < -0.4 is 5.73 Å². The van der Waals surface area contributed by atoms with Crippen molar-refractivity contribution in [3.8, 4) is 0 Å². The van der Waals surface area contributed by atoms with Crippen LogP contribution >= 0.6 is 11.8 Å². The predicted molar refractivity (Wildman–Crippen MR) is 80.5 cm³/mol. The summed E-state index contributed by atoms with van der Waals surface area (Å²) in [5.41, 5.74) is 11.0. The minimum absolute atomic E-state index is 0.794. The molecule has 0 amide bonds. The van der Waals surface area contributed by atoms with Gasteiger partial charge in [0.15, 0.2) is 5.16 Å². The molecule has 0 radical (unpaired) electrons. The third kappa shape index (κ3) is 2.44. The molecule has 3 N–H and O–H groups in total. The molecule has 0 aliphatic carbocycles. The van der Waals surface area contributed by atoms with Crippen LogP contribution in [0.3, 0.4) is 0 Å². The number of hydrogen-bond donors (Lipinski definition) is 2. The van der Waals surface area contributed by atoms with E-state index in [-0.39, 0.29) is 0 Å². The number of aryl methyl sites for hydroxylation is 2. The fraction of sp³-hybridized carbons (Fsp3) is 0.133. The predicted octanol–water partition coefficient (Wildman–Crippen LogP) is 3.91. The van der Waals surface area contributed by atoms with Gasteiger partial charge in [0.25, 0.3) is 0 Å². The van der Waals surface area contributed by atoms with Crippen LogP contribution in [0.25, 0.3) is 11.0 Å². The van der Waals surface area contributed by atoms with E-state index < -0.39 is 0 Å². The molecule has 2 aromatic carbocycles. The molecule has 3 nitrogen and oxygen atoms in total. The summed E-state index contributed by atoms with van der Waals surface area (Å²) in [4.78, 5) is 9.11. The lowest BCUT2D eigenvalue weighted by Crippen LogP contribution is -1.87. The maximum Gasteiger partial charge on any atom is 0.171 e. The Balaban J connectivity index is 1.96. The normalized spacial score (nSPS) is 11.1. The van der Waals surface area contributed by atoms with Gasteiger partial charge in [-0.05, 0) is 55.3 Å². The van der Waals surface area contributed by atoms with E-state index in [4.69, 9.17) is 5.73 Å². The summed E-state index contributed by atoms with van der Waals surface area (Å²) in [6.45, 7) is 4.14. The third-order valence-electron chi connectivity index (χ3n) is 3.02. The Morgan fingerprint density at radius 1 is 1.11 bits per heavy atom. The van der Waals surface area contributed by atoms with Gasteiger partial charge in [-0.15, -0.1) is 0 Å². The number of benzene rings is 2. The molecule has 96 valence electrons. The van der Waals surface area contributed by atoms with Gasteiger partial charge < -0.3 is 10.7 Å². The van der Waals surface area contributed by atoms with Crippen LogP contribution in [-0.2, 0) is 0 Å². The Kier molecular flexibility index (Phi) is 2.95. The second-order valence-corrected chi connectivity index (χ2v) is 5.72. The van der Waals surface area contributed by atoms with Crippen molar-refractivity contribution in [3.05, 3.63) is 47.5 Å². The van der Waals surface area contributed by atoms with Crippen LogP contribution in [0.5, 0.6) is 0 Å². The van der Waals surface area contributed by atoms with Crippen molar-refractivity contribution in [2.75, 3.05) is 5.73 Å². The number of nitrogens with one attached hydrogen (secondary N) is 1. The molecule has 3 rings (SSSR count). The van der Waals surface area contributed by atoms with E-state index in [1.165, 1.54) is 16.0 Å². The van der Waals surface area contributed by atoms with Gasteiger partial charge in [0, 0.05) is 10.6 Å². The van der Waals surface area contributed by atoms with Crippen molar-refractivity contribution in [2.24, 2.45) is 0 Å². The molecule has 0 saturated heterocycles. The smallest absolute Gasteiger partial charge is 0.171 e. The highest BCUT2D eigenvalue weighted by Crippen LogP contribution is 2.30. The van der Waals surface area contributed by atoms with Crippen molar-refractivity contribution in [1.29, 1.82) is 0 Å². The summed E-state index contributed by atoms with van der Waals surface area (Å²) >= 11 is 1.63. The molecule has 1 aromatic heterocycles. The number of imidazole rings is 1. The molecular weight excluding hydrogens is 254 g/mol. The zero-order valence-corrected chi connectivity index (χ0v) is 11.7. The fourth-order valence-electron chi connectivity index (χ4n) is 2.04. The minimum Gasteiger partial charge on any atom is -0.399 e. The van der Waals surface area contributed by atoms with Gasteiger partial charge in [0.2, 0.25) is 0 Å². The summed E-state index contributed by atoms with van der Waals surface area (Å²) in [7, 11) is 0. The SMILES string of the molecule is Cc1ccc2nc(Sc3ccc(N)cc3C)[nH]c2c1. The van der Waals surface area contributed by atoms with Crippen LogP contribution in [0.1, 0.15) is 11.1 Å². The topological polar surface area (TPSA) is 54.7 Å². The molecule has 4 heteroatoms. The van der Waals surface area contributed by atoms with Gasteiger partial charge in [0.1, 0.15) is 0 Å². The minimum atomic E-state index is 0.794. The van der Waals surface area contributed by atoms with Gasteiger partial charge in [-0.2, -0.15) is 0 Å². The summed E-state index contributed by atoms with van der Waals surface area (Å²) in [5.74, 6) is 0. The first-order chi connectivity index (χ1) is 9.11. The third-order valence-corrected chi connectivity index (χ3v) is 4.09. The number of nitrogens with zero attached hydrogens (tertiary/aromatic N) is 1. The number of H-pyrrole nitrogens is 1. The average molecular weight is 269 g/mol. The van der Waals surface area contributed by atoms with Gasteiger partial charge in [-0.25, -0.2) is 4.98 Å². The van der Waals surface area contributed by atoms with E-state index in [9.17, 15) is 0 Å². The number of fused-ring (bicyclic) bond motifs is 1. The molecule has 0 aliphatic heterocycles. The molecule has 0 unspecified atom stereocenters. The summed E-state index contributed by atoms with van der Waals surface area (Å²) < 4.78 is 0. The molecule has 0 bridgehead atoms. The molecule has 0 saturated carbocycles. The van der Waals surface area contributed by atoms with Crippen LogP contribution in [-0.4, -0.2) is 9.97 Å². The monoisotopic (exact) mass is 269 g/mol. The highest BCUT2D eigenvalue weighted by Gasteiger charge is 2.06. The van der Waals surface area contributed by atoms with Crippen LogP contribution in [0, 0.1) is 13.8 Å². The molecule has 19 heavy (non-hydrogen) atoms. The Hall–Kier alpha value is -1.94. The number of nitrogen functional groups attached to an aromatic ring is 1. The van der Waals surface area contributed by atoms with E-state index in [1.807, 2.05) is 24.3 Å². The van der Waals surface area contributed by atoms with Crippen molar-refractivity contribution < 1.29 is 0 Å². The Morgan fingerprint density at radius 3 is 2.74 bits per heavy atom. The van der Waals surface area contributed by atoms with Crippen LogP contribution in [0.15, 0.2) is 46.5 Å². The maximum absolute atomic E-state index is 5.77. The molecule has 3 aromatic rings. The first kappa shape index (κ1) is 12.1. The average Bonchev–Trinajstić information content (AvgIpc) is 2.74. The first-order valence-electron chi connectivity index (χ1n) is 6.12. The first-order valence-corrected chi connectivity index (χ1v) is 6.94. The number of anilines is 1. The number of nitrogens with two attached hydrogens (primary N) is 1. The largest absolute Gasteiger partial charge is 0.399 e. The Morgan fingerprint density at radius 2 is 1.95 bits per heavy atom. The van der Waals surface area contributed by atoms with E-state index in [0.717, 1.165) is 21.9 Å². The second-order valence-electron chi connectivity index (χ2n) is 4.69. The van der Waals surface area contributed by atoms with E-state index in [1.54, 1.807) is 11.8 Å². The van der Waals surface area contributed by atoms with Gasteiger partial charge in [-0.1, -0.05) is 17.8 Å². The lowest BCUT2D eigenvalue weighted by atomic mass is 10.2. The van der Waals surface area contributed by atoms with Gasteiger partial charge in [-0.3, -0.25) is 0 Å². The van der Waals surface area contributed by atoms with E-state index in [0.29, 0.717) is 0 Å². The molecule has 0 fully saturated rings. The molecule has 0 atom stereocenters. The van der Waals surface area contributed by atoms with Crippen molar-refractivity contribution in [2.45, 2.75) is 23.9 Å². The molecular formula is C15H15N3S. The standard InChI is InChI=1S/C15H15N3S/c1-9-3-5-12-13(7-9)18-15(17-12)19-14-6-4-11(16)8-10(14)2/h3-8H,16H2,1-2H3,(H,17,18). The lowest BCUT2D eigenvalue weighted by Gasteiger charge is -2.03. The Labute approximate surface area is 116 Å². The highest BCUT2D eigenvalue weighted by molar-refractivity contribution is 7.99. The molecule has 1 heterocycles. The van der Waals surface area contributed by atoms with Gasteiger partial charge >= 0.3 is 0 Å². The van der Waals surface area contributed by atoms with Crippen molar-refractivity contribution in [1.82, 2.24) is 9.97 Å². The van der Waals surface area contributed by atoms with E-state index >= 15 is 0 Å². The van der Waals surface area contributed by atoms with Gasteiger partial charge in [0.05, 0.1) is 11.0 Å². The number of rotatable bonds is 2. The number of aromatic amines is 1. The lowest BCUT2D eigenvalue weighted by molar-refractivity contribution is 1.08. The number of hydrogen-bond acceptors (Lipinski definition) is 3. The highest BCUT2D eigenvalue weighted by atomic mass is 32.2. The quantitative estimate of drug-likeness (QED) is 0.693. The zero-order chi connectivity index (χ0) is 13.4. The summed E-state index contributed by atoms with van der Waals surface area (Å²) in [6, 6.07) is 12.2. The summed E-state index contributed by atoms with van der Waals surface area (Å²) in [6.07, 6.45) is 0. The van der Waals surface area contributed by atoms with Crippen molar-refractivity contribution >= 4 is 28.5 Å². The van der Waals surface area contributed by atoms with Crippen LogP contribution in [0.4, 0.5) is 5.69 Å². The number of aromatic nitrogens is 2. The maximum atomic E-state index is 5.77. The fourth-order valence-corrected chi connectivity index (χ4v) is 2.91. The summed E-state index contributed by atoms with van der Waals surface area (Å²) in [5, 5.41) is 0.911. The van der Waals surface area contributed by atoms with Crippen molar-refractivity contribution in [3.63, 3.8) is 0 Å². The zero-order valence-electron chi connectivity index (χ0n) is 10.9. The molecule has 0 aliphatic rings.